The Morgan fingerprint density at radius 3 is 2.50 bits per heavy atom. The minimum Gasteiger partial charge on any atom is -0.393 e. The zero-order valence-electron chi connectivity index (χ0n) is 10.3. The number of aryl methyl sites for hydroxylation is 1. The maximum atomic E-state index is 10.1. The second-order valence-electron chi connectivity index (χ2n) is 4.58. The molecule has 5 heteroatoms. The normalized spacial score (nSPS) is 18.1. The first-order valence-electron chi connectivity index (χ1n) is 5.83. The Balaban J connectivity index is 2.69. The monoisotopic (exact) mass is 318 g/mol. The Hall–Kier alpha value is -0.460. The molecule has 0 aromatic heterocycles. The first-order chi connectivity index (χ1) is 8.39. The Bertz CT molecular complexity index is 383. The third kappa shape index (κ3) is 4.03. The highest BCUT2D eigenvalue weighted by Crippen LogP contribution is 2.22. The molecule has 0 aliphatic carbocycles. The molecule has 1 unspecified atom stereocenters. The van der Waals surface area contributed by atoms with Crippen molar-refractivity contribution in [3.63, 3.8) is 0 Å². The van der Waals surface area contributed by atoms with Gasteiger partial charge < -0.3 is 20.4 Å². The molecule has 1 rings (SSSR count). The van der Waals surface area contributed by atoms with E-state index in [4.69, 9.17) is 0 Å². The van der Waals surface area contributed by atoms with Crippen LogP contribution >= 0.6 is 15.9 Å². The van der Waals surface area contributed by atoms with Gasteiger partial charge in [0, 0.05) is 4.47 Å². The largest absolute Gasteiger partial charge is 0.393 e. The molecule has 18 heavy (non-hydrogen) atoms. The maximum Gasteiger partial charge on any atom is 0.116 e. The van der Waals surface area contributed by atoms with Gasteiger partial charge in [-0.05, 0) is 37.5 Å². The summed E-state index contributed by atoms with van der Waals surface area (Å²) in [5, 5.41) is 38.3. The van der Waals surface area contributed by atoms with Crippen LogP contribution in [0.25, 0.3) is 0 Å². The summed E-state index contributed by atoms with van der Waals surface area (Å²) in [4.78, 5) is 0. The number of aliphatic hydroxyl groups excluding tert-OH is 3. The molecular formula is C13H19BrO4. The van der Waals surface area contributed by atoms with Gasteiger partial charge in [0.05, 0.1) is 12.7 Å². The van der Waals surface area contributed by atoms with E-state index in [9.17, 15) is 20.4 Å². The molecule has 0 aliphatic rings. The van der Waals surface area contributed by atoms with Gasteiger partial charge in [-0.15, -0.1) is 0 Å². The van der Waals surface area contributed by atoms with Crippen LogP contribution in [0.1, 0.15) is 18.9 Å². The van der Waals surface area contributed by atoms with E-state index in [1.54, 1.807) is 0 Å². The molecule has 0 fully saturated rings. The molecule has 0 amide bonds. The smallest absolute Gasteiger partial charge is 0.116 e. The Labute approximate surface area is 115 Å². The summed E-state index contributed by atoms with van der Waals surface area (Å²) in [5.41, 5.74) is -0.703. The fraction of sp³-hybridized carbons (Fsp3) is 0.538. The van der Waals surface area contributed by atoms with Crippen molar-refractivity contribution in [1.82, 2.24) is 0 Å². The van der Waals surface area contributed by atoms with Crippen molar-refractivity contribution < 1.29 is 20.4 Å². The average Bonchev–Trinajstić information content (AvgIpc) is 2.35. The second-order valence-corrected chi connectivity index (χ2v) is 5.49. The SMILES string of the molecule is CC(O)[C@H](O)[C@@](O)(CO)CCc1cccc(Br)c1. The lowest BCUT2D eigenvalue weighted by molar-refractivity contribution is -0.145. The number of rotatable bonds is 6. The zero-order chi connectivity index (χ0) is 13.8. The number of benzene rings is 1. The quantitative estimate of drug-likeness (QED) is 0.627. The van der Waals surface area contributed by atoms with Crippen LogP contribution in [0.15, 0.2) is 28.7 Å². The summed E-state index contributed by atoms with van der Waals surface area (Å²) >= 11 is 3.35. The van der Waals surface area contributed by atoms with Gasteiger partial charge in [-0.3, -0.25) is 0 Å². The highest BCUT2D eigenvalue weighted by molar-refractivity contribution is 9.10. The van der Waals surface area contributed by atoms with Gasteiger partial charge in [0.2, 0.25) is 0 Å². The third-order valence-electron chi connectivity index (χ3n) is 3.02. The average molecular weight is 319 g/mol. The number of hydrogen-bond donors (Lipinski definition) is 4. The summed E-state index contributed by atoms with van der Waals surface area (Å²) in [6.45, 7) is 0.789. The van der Waals surface area contributed by atoms with Gasteiger partial charge in [-0.25, -0.2) is 0 Å². The van der Waals surface area contributed by atoms with Gasteiger partial charge in [0.15, 0.2) is 0 Å². The number of aliphatic hydroxyl groups is 4. The summed E-state index contributed by atoms with van der Waals surface area (Å²) in [5.74, 6) is 0. The molecule has 1 aromatic rings. The molecule has 1 aromatic carbocycles. The van der Waals surface area contributed by atoms with Gasteiger partial charge in [0.1, 0.15) is 11.7 Å². The fourth-order valence-electron chi connectivity index (χ4n) is 1.82. The topological polar surface area (TPSA) is 80.9 Å². The van der Waals surface area contributed by atoms with Crippen molar-refractivity contribution in [3.05, 3.63) is 34.3 Å². The van der Waals surface area contributed by atoms with E-state index in [0.717, 1.165) is 10.0 Å². The van der Waals surface area contributed by atoms with E-state index in [1.807, 2.05) is 24.3 Å². The lowest BCUT2D eigenvalue weighted by Crippen LogP contribution is -2.51. The summed E-state index contributed by atoms with van der Waals surface area (Å²) < 4.78 is 0.934. The van der Waals surface area contributed by atoms with Gasteiger partial charge in [-0.1, -0.05) is 28.1 Å². The van der Waals surface area contributed by atoms with E-state index in [2.05, 4.69) is 15.9 Å². The van der Waals surface area contributed by atoms with Crippen LogP contribution < -0.4 is 0 Å². The van der Waals surface area contributed by atoms with Crippen molar-refractivity contribution >= 4 is 15.9 Å². The van der Waals surface area contributed by atoms with Gasteiger partial charge in [-0.2, -0.15) is 0 Å². The summed E-state index contributed by atoms with van der Waals surface area (Å²) in [6.07, 6.45) is -1.79. The molecule has 3 atom stereocenters. The van der Waals surface area contributed by atoms with Crippen LogP contribution in [0.2, 0.25) is 0 Å². The van der Waals surface area contributed by atoms with Crippen molar-refractivity contribution in [2.75, 3.05) is 6.61 Å². The highest BCUT2D eigenvalue weighted by atomic mass is 79.9. The van der Waals surface area contributed by atoms with Crippen LogP contribution in [0, 0.1) is 0 Å². The standard InChI is InChI=1S/C13H19BrO4/c1-9(16)12(17)13(18,8-15)6-5-10-3-2-4-11(14)7-10/h2-4,7,9,12,15-18H,5-6,8H2,1H3/t9?,12-,13-/m0/s1. The summed E-state index contributed by atoms with van der Waals surface area (Å²) in [6, 6.07) is 7.58. The lowest BCUT2D eigenvalue weighted by Gasteiger charge is -2.33. The van der Waals surface area contributed by atoms with Gasteiger partial charge >= 0.3 is 0 Å². The Kier molecular flexibility index (Phi) is 5.75. The molecule has 4 nitrogen and oxygen atoms in total. The molecular weight excluding hydrogens is 300 g/mol. The second kappa shape index (κ2) is 6.63. The van der Waals surface area contributed by atoms with Gasteiger partial charge in [0.25, 0.3) is 0 Å². The molecule has 102 valence electrons. The van der Waals surface area contributed by atoms with Crippen molar-refractivity contribution in [2.45, 2.75) is 37.6 Å². The van der Waals surface area contributed by atoms with E-state index >= 15 is 0 Å². The number of hydrogen-bond acceptors (Lipinski definition) is 4. The molecule has 0 saturated carbocycles. The summed E-state index contributed by atoms with van der Waals surface area (Å²) in [7, 11) is 0. The molecule has 0 saturated heterocycles. The first-order valence-corrected chi connectivity index (χ1v) is 6.62. The van der Waals surface area contributed by atoms with Crippen molar-refractivity contribution in [2.24, 2.45) is 0 Å². The maximum absolute atomic E-state index is 10.1. The lowest BCUT2D eigenvalue weighted by atomic mass is 9.88. The van der Waals surface area contributed by atoms with E-state index in [0.29, 0.717) is 6.42 Å². The van der Waals surface area contributed by atoms with Crippen LogP contribution in [0.4, 0.5) is 0 Å². The predicted octanol–water partition coefficient (Wildman–Crippen LogP) is 0.847. The van der Waals surface area contributed by atoms with E-state index in [1.165, 1.54) is 6.92 Å². The predicted molar refractivity (Wildman–Crippen MR) is 72.2 cm³/mol. The van der Waals surface area contributed by atoms with Crippen LogP contribution in [0.5, 0.6) is 0 Å². The Morgan fingerprint density at radius 1 is 1.33 bits per heavy atom. The fourth-order valence-corrected chi connectivity index (χ4v) is 2.27. The number of halogens is 1. The molecule has 0 radical (unpaired) electrons. The molecule has 0 spiro atoms. The van der Waals surface area contributed by atoms with E-state index in [-0.39, 0.29) is 6.42 Å². The van der Waals surface area contributed by atoms with E-state index < -0.39 is 24.4 Å². The van der Waals surface area contributed by atoms with Crippen molar-refractivity contribution in [3.8, 4) is 0 Å². The zero-order valence-corrected chi connectivity index (χ0v) is 11.8. The molecule has 4 N–H and O–H groups in total. The minimum absolute atomic E-state index is 0.173. The first kappa shape index (κ1) is 15.6. The highest BCUT2D eigenvalue weighted by Gasteiger charge is 2.37. The molecule has 0 heterocycles. The molecule has 0 aliphatic heterocycles. The van der Waals surface area contributed by atoms with Crippen LogP contribution in [-0.4, -0.2) is 44.8 Å². The van der Waals surface area contributed by atoms with Crippen molar-refractivity contribution in [1.29, 1.82) is 0 Å². The van der Waals surface area contributed by atoms with Crippen LogP contribution in [0.3, 0.4) is 0 Å². The molecule has 0 bridgehead atoms. The minimum atomic E-state index is -1.68. The third-order valence-corrected chi connectivity index (χ3v) is 3.51. The van der Waals surface area contributed by atoms with Crippen LogP contribution in [-0.2, 0) is 6.42 Å². The Morgan fingerprint density at radius 2 is 2.00 bits per heavy atom.